The summed E-state index contributed by atoms with van der Waals surface area (Å²) in [6.45, 7) is -0.474. The molecule has 0 aromatic carbocycles. The van der Waals surface area contributed by atoms with Crippen LogP contribution >= 0.6 is 0 Å². The zero-order valence-electron chi connectivity index (χ0n) is 10.1. The molecule has 1 saturated heterocycles. The normalized spacial score (nSPS) is 30.1. The number of aryl methyl sites for hydroxylation is 1. The molecule has 104 valence electrons. The van der Waals surface area contributed by atoms with E-state index in [0.29, 0.717) is 0 Å². The smallest absolute Gasteiger partial charge is 0.328 e. The van der Waals surface area contributed by atoms with Gasteiger partial charge in [-0.25, -0.2) is 4.79 Å². The van der Waals surface area contributed by atoms with E-state index in [-0.39, 0.29) is 29.5 Å². The Morgan fingerprint density at radius 3 is 2.53 bits per heavy atom. The quantitative estimate of drug-likeness (QED) is 0.404. The van der Waals surface area contributed by atoms with Crippen LogP contribution in [0.3, 0.4) is 0 Å². The SMILES string of the molecule is Cn1cc([C@@H]2O[C@H](CO)[C@@H](O)[C@H]2O)c(=O)[nH]c1=O.[Sn]. The third kappa shape index (κ3) is 2.92. The van der Waals surface area contributed by atoms with Gasteiger partial charge in [-0.1, -0.05) is 0 Å². The van der Waals surface area contributed by atoms with Crippen LogP contribution in [0, 0.1) is 0 Å². The minimum Gasteiger partial charge on any atom is -0.394 e. The second-order valence-electron chi connectivity index (χ2n) is 4.21. The summed E-state index contributed by atoms with van der Waals surface area (Å²) in [6.07, 6.45) is -3.41. The number of aromatic nitrogens is 2. The van der Waals surface area contributed by atoms with Crippen molar-refractivity contribution in [2.75, 3.05) is 6.61 Å². The number of rotatable bonds is 2. The van der Waals surface area contributed by atoms with Gasteiger partial charge in [-0.3, -0.25) is 9.78 Å². The first kappa shape index (κ1) is 16.4. The first-order valence-corrected chi connectivity index (χ1v) is 5.38. The van der Waals surface area contributed by atoms with Gasteiger partial charge in [0.15, 0.2) is 0 Å². The topological polar surface area (TPSA) is 125 Å². The van der Waals surface area contributed by atoms with E-state index in [1.54, 1.807) is 0 Å². The van der Waals surface area contributed by atoms with Gasteiger partial charge in [0, 0.05) is 37.2 Å². The molecule has 1 aromatic heterocycles. The molecule has 2 heterocycles. The average molecular weight is 377 g/mol. The summed E-state index contributed by atoms with van der Waals surface area (Å²) in [5, 5.41) is 28.3. The van der Waals surface area contributed by atoms with Crippen LogP contribution in [-0.4, -0.2) is 73.7 Å². The molecule has 2 rings (SSSR count). The van der Waals surface area contributed by atoms with Crippen LogP contribution in [0.15, 0.2) is 15.8 Å². The average Bonchev–Trinajstić information content (AvgIpc) is 2.61. The number of nitrogens with zero attached hydrogens (tertiary/aromatic N) is 1. The van der Waals surface area contributed by atoms with Crippen LogP contribution in [0.5, 0.6) is 0 Å². The molecule has 0 spiro atoms. The Hall–Kier alpha value is -0.681. The predicted molar refractivity (Wildman–Crippen MR) is 64.8 cm³/mol. The molecule has 4 N–H and O–H groups in total. The molecule has 9 heteroatoms. The first-order valence-electron chi connectivity index (χ1n) is 5.38. The van der Waals surface area contributed by atoms with Gasteiger partial charge in [0.05, 0.1) is 12.2 Å². The number of hydrogen-bond donors (Lipinski definition) is 4. The summed E-state index contributed by atoms with van der Waals surface area (Å²) in [5.41, 5.74) is -1.25. The van der Waals surface area contributed by atoms with Crippen molar-refractivity contribution in [2.45, 2.75) is 24.4 Å². The molecule has 8 nitrogen and oxygen atoms in total. The Bertz CT molecular complexity index is 556. The molecular formula is C10H14N2O6Sn. The van der Waals surface area contributed by atoms with Gasteiger partial charge in [-0.05, 0) is 0 Å². The fraction of sp³-hybridized carbons (Fsp3) is 0.600. The van der Waals surface area contributed by atoms with Gasteiger partial charge in [-0.2, -0.15) is 0 Å². The predicted octanol–water partition coefficient (Wildman–Crippen LogP) is -3.15. The maximum atomic E-state index is 11.6. The minimum atomic E-state index is -1.33. The first-order chi connectivity index (χ1) is 8.45. The van der Waals surface area contributed by atoms with Crippen molar-refractivity contribution >= 4 is 23.9 Å². The van der Waals surface area contributed by atoms with E-state index in [1.165, 1.54) is 13.2 Å². The van der Waals surface area contributed by atoms with Gasteiger partial charge in [0.25, 0.3) is 5.56 Å². The number of hydrogen-bond acceptors (Lipinski definition) is 6. The van der Waals surface area contributed by atoms with Gasteiger partial charge >= 0.3 is 5.69 Å². The fourth-order valence-electron chi connectivity index (χ4n) is 1.94. The van der Waals surface area contributed by atoms with Crippen molar-refractivity contribution < 1.29 is 20.1 Å². The second-order valence-corrected chi connectivity index (χ2v) is 4.21. The standard InChI is InChI=1S/C10H14N2O6.Sn/c1-12-2-4(9(16)11-10(12)17)8-7(15)6(14)5(3-13)18-8;/h2,5-8,13-15H,3H2,1H3,(H,11,16,17);/t5-,6-,7-,8+;/m1./s1. The number of H-pyrrole nitrogens is 1. The Morgan fingerprint density at radius 2 is 2.00 bits per heavy atom. The van der Waals surface area contributed by atoms with Crippen molar-refractivity contribution in [1.82, 2.24) is 9.55 Å². The summed E-state index contributed by atoms with van der Waals surface area (Å²) >= 11 is 0. The van der Waals surface area contributed by atoms with Crippen molar-refractivity contribution in [2.24, 2.45) is 7.05 Å². The Labute approximate surface area is 124 Å². The van der Waals surface area contributed by atoms with Crippen molar-refractivity contribution in [3.05, 3.63) is 32.6 Å². The Balaban J connectivity index is 0.00000180. The summed E-state index contributed by atoms with van der Waals surface area (Å²) in [7, 11) is 1.43. The van der Waals surface area contributed by atoms with Crippen LogP contribution in [0.25, 0.3) is 0 Å². The molecule has 4 radical (unpaired) electrons. The van der Waals surface area contributed by atoms with Gasteiger partial charge in [0.2, 0.25) is 0 Å². The van der Waals surface area contributed by atoms with E-state index < -0.39 is 42.3 Å². The zero-order chi connectivity index (χ0) is 13.4. The van der Waals surface area contributed by atoms with Crippen LogP contribution in [0.4, 0.5) is 0 Å². The largest absolute Gasteiger partial charge is 0.394 e. The van der Waals surface area contributed by atoms with E-state index in [1.807, 2.05) is 0 Å². The summed E-state index contributed by atoms with van der Waals surface area (Å²) < 4.78 is 6.34. The molecule has 1 aliphatic heterocycles. The molecule has 0 bridgehead atoms. The monoisotopic (exact) mass is 378 g/mol. The maximum Gasteiger partial charge on any atom is 0.328 e. The molecule has 1 aliphatic rings. The molecule has 4 atom stereocenters. The van der Waals surface area contributed by atoms with Crippen molar-refractivity contribution in [3.8, 4) is 0 Å². The summed E-state index contributed by atoms with van der Waals surface area (Å²) in [5.74, 6) is 0. The van der Waals surface area contributed by atoms with Crippen LogP contribution < -0.4 is 11.2 Å². The number of aromatic amines is 1. The van der Waals surface area contributed by atoms with Gasteiger partial charge in [0.1, 0.15) is 24.4 Å². The number of ether oxygens (including phenoxy) is 1. The van der Waals surface area contributed by atoms with Crippen LogP contribution in [0.1, 0.15) is 11.7 Å². The molecule has 1 aromatic rings. The van der Waals surface area contributed by atoms with Gasteiger partial charge in [-0.15, -0.1) is 0 Å². The molecule has 0 unspecified atom stereocenters. The number of nitrogens with one attached hydrogen (secondary N) is 1. The van der Waals surface area contributed by atoms with Crippen LogP contribution in [-0.2, 0) is 11.8 Å². The molecule has 0 aliphatic carbocycles. The van der Waals surface area contributed by atoms with E-state index in [0.717, 1.165) is 4.57 Å². The number of aliphatic hydroxyl groups excluding tert-OH is 3. The maximum absolute atomic E-state index is 11.6. The molecule has 0 amide bonds. The van der Waals surface area contributed by atoms with Crippen molar-refractivity contribution in [3.63, 3.8) is 0 Å². The van der Waals surface area contributed by atoms with Crippen LogP contribution in [0.2, 0.25) is 0 Å². The summed E-state index contributed by atoms with van der Waals surface area (Å²) in [4.78, 5) is 24.9. The third-order valence-corrected chi connectivity index (χ3v) is 2.98. The third-order valence-electron chi connectivity index (χ3n) is 2.98. The molecular weight excluding hydrogens is 363 g/mol. The van der Waals surface area contributed by atoms with E-state index in [9.17, 15) is 19.8 Å². The Morgan fingerprint density at radius 1 is 1.37 bits per heavy atom. The van der Waals surface area contributed by atoms with E-state index in [2.05, 4.69) is 4.98 Å². The fourth-order valence-corrected chi connectivity index (χ4v) is 1.94. The molecule has 19 heavy (non-hydrogen) atoms. The second kappa shape index (κ2) is 6.18. The van der Waals surface area contributed by atoms with E-state index >= 15 is 0 Å². The van der Waals surface area contributed by atoms with Gasteiger partial charge < -0.3 is 24.6 Å². The number of aliphatic hydroxyl groups is 3. The van der Waals surface area contributed by atoms with Crippen molar-refractivity contribution in [1.29, 1.82) is 0 Å². The molecule has 0 saturated carbocycles. The zero-order valence-corrected chi connectivity index (χ0v) is 13.0. The molecule has 1 fully saturated rings. The minimum absolute atomic E-state index is 0. The summed E-state index contributed by atoms with van der Waals surface area (Å²) in [6, 6.07) is 0. The van der Waals surface area contributed by atoms with E-state index in [4.69, 9.17) is 9.84 Å². The Kier molecular flexibility index (Phi) is 5.33.